The van der Waals surface area contributed by atoms with E-state index in [0.29, 0.717) is 32.2 Å². The molecule has 3 fully saturated rings. The Balaban J connectivity index is 1.36. The molecule has 2 amide bonds. The van der Waals surface area contributed by atoms with Crippen molar-refractivity contribution in [3.8, 4) is 0 Å². The number of carbonyl (C=O) groups excluding carboxylic acids is 2. The average Bonchev–Trinajstić information content (AvgIpc) is 3.19. The zero-order valence-corrected chi connectivity index (χ0v) is 26.0. The van der Waals surface area contributed by atoms with Crippen LogP contribution < -0.4 is 0 Å². The van der Waals surface area contributed by atoms with E-state index in [2.05, 4.69) is 56.2 Å². The van der Waals surface area contributed by atoms with Crippen molar-refractivity contribution in [1.82, 2.24) is 14.4 Å². The van der Waals surface area contributed by atoms with Crippen molar-refractivity contribution in [2.45, 2.75) is 91.9 Å². The van der Waals surface area contributed by atoms with Crippen LogP contribution in [0.5, 0.6) is 0 Å². The predicted molar refractivity (Wildman–Crippen MR) is 163 cm³/mol. The van der Waals surface area contributed by atoms with Gasteiger partial charge in [-0.15, -0.1) is 0 Å². The van der Waals surface area contributed by atoms with E-state index in [4.69, 9.17) is 9.47 Å². The maximum absolute atomic E-state index is 13.4. The molecule has 0 saturated carbocycles. The second-order valence-corrected chi connectivity index (χ2v) is 14.0. The molecule has 2 aromatic rings. The first-order chi connectivity index (χ1) is 19.4. The molecule has 1 aromatic heterocycles. The minimum Gasteiger partial charge on any atom is -0.444 e. The third-order valence-electron chi connectivity index (χ3n) is 9.69. The van der Waals surface area contributed by atoms with E-state index < -0.39 is 5.60 Å². The Morgan fingerprint density at radius 3 is 2.37 bits per heavy atom. The standard InChI is InChI=1S/C34H49N3O4/c1-23(2)27-20-34(14-18-36(19-15-34)32(39)41-33(5,6)7)22-40-31(27)30-25(4)37(28-11-9-8-10-26(28)30)21-29(38)35-16-12-24(3)13-17-35/h8-11,24,27,31H,1,12-22H2,2-7H3/t27-,31+/m0/s1. The summed E-state index contributed by atoms with van der Waals surface area (Å²) in [5, 5.41) is 1.16. The Morgan fingerprint density at radius 1 is 1.07 bits per heavy atom. The summed E-state index contributed by atoms with van der Waals surface area (Å²) < 4.78 is 14.7. The summed E-state index contributed by atoms with van der Waals surface area (Å²) in [7, 11) is 0. The number of nitrogens with zero attached hydrogens (tertiary/aromatic N) is 3. The summed E-state index contributed by atoms with van der Waals surface area (Å²) in [6.07, 6.45) is 4.60. The first-order valence-electron chi connectivity index (χ1n) is 15.5. The SMILES string of the molecule is C=C(C)[C@@H]1CC2(CCN(C(=O)OC(C)(C)C)CC2)CO[C@H]1c1c(C)n(CC(=O)N2CCC(C)CC2)c2ccccc12. The van der Waals surface area contributed by atoms with Gasteiger partial charge in [-0.2, -0.15) is 0 Å². The van der Waals surface area contributed by atoms with Crippen LogP contribution in [0.2, 0.25) is 0 Å². The smallest absolute Gasteiger partial charge is 0.410 e. The third kappa shape index (κ3) is 6.20. The Morgan fingerprint density at radius 2 is 1.73 bits per heavy atom. The van der Waals surface area contributed by atoms with Crippen LogP contribution in [0.1, 0.15) is 84.1 Å². The number of rotatable bonds is 4. The van der Waals surface area contributed by atoms with Gasteiger partial charge in [-0.3, -0.25) is 4.79 Å². The number of likely N-dealkylation sites (tertiary alicyclic amines) is 2. The zero-order chi connectivity index (χ0) is 29.5. The number of fused-ring (bicyclic) bond motifs is 1. The zero-order valence-electron chi connectivity index (χ0n) is 26.0. The lowest BCUT2D eigenvalue weighted by Crippen LogP contribution is -2.49. The van der Waals surface area contributed by atoms with E-state index in [1.807, 2.05) is 30.6 Å². The lowest BCUT2D eigenvalue weighted by atomic mass is 9.67. The molecule has 1 spiro atoms. The molecule has 3 aliphatic rings. The molecule has 5 rings (SSSR count). The minimum absolute atomic E-state index is 0.0201. The normalized spacial score (nSPS) is 23.7. The van der Waals surface area contributed by atoms with Crippen LogP contribution in [0.3, 0.4) is 0 Å². The molecule has 2 atom stereocenters. The number of hydrogen-bond donors (Lipinski definition) is 0. The van der Waals surface area contributed by atoms with Gasteiger partial charge in [0.2, 0.25) is 5.91 Å². The molecular formula is C34H49N3O4. The molecule has 0 aliphatic carbocycles. The van der Waals surface area contributed by atoms with Crippen molar-refractivity contribution in [2.24, 2.45) is 17.3 Å². The highest BCUT2D eigenvalue weighted by molar-refractivity contribution is 5.88. The number of amides is 2. The molecule has 0 N–H and O–H groups in total. The number of para-hydroxylation sites is 1. The van der Waals surface area contributed by atoms with Gasteiger partial charge in [0, 0.05) is 54.3 Å². The molecule has 0 unspecified atom stereocenters. The molecule has 224 valence electrons. The Labute approximate surface area is 245 Å². The van der Waals surface area contributed by atoms with E-state index in [0.717, 1.165) is 67.4 Å². The quantitative estimate of drug-likeness (QED) is 0.381. The third-order valence-corrected chi connectivity index (χ3v) is 9.69. The lowest BCUT2D eigenvalue weighted by Gasteiger charge is -2.49. The van der Waals surface area contributed by atoms with E-state index in [9.17, 15) is 9.59 Å². The Hall–Kier alpha value is -2.80. The maximum Gasteiger partial charge on any atom is 0.410 e. The van der Waals surface area contributed by atoms with Crippen molar-refractivity contribution in [1.29, 1.82) is 0 Å². The molecule has 4 heterocycles. The van der Waals surface area contributed by atoms with E-state index in [1.165, 1.54) is 5.56 Å². The molecule has 0 radical (unpaired) electrons. The molecule has 7 nitrogen and oxygen atoms in total. The summed E-state index contributed by atoms with van der Waals surface area (Å²) in [6.45, 7) is 20.8. The fourth-order valence-electron chi connectivity index (χ4n) is 7.08. The number of aromatic nitrogens is 1. The maximum atomic E-state index is 13.4. The summed E-state index contributed by atoms with van der Waals surface area (Å²) >= 11 is 0. The summed E-state index contributed by atoms with van der Waals surface area (Å²) in [6, 6.07) is 8.43. The van der Waals surface area contributed by atoms with Crippen LogP contribution in [0, 0.1) is 24.2 Å². The highest BCUT2D eigenvalue weighted by Crippen LogP contribution is 2.51. The van der Waals surface area contributed by atoms with Gasteiger partial charge in [-0.1, -0.05) is 37.3 Å². The van der Waals surface area contributed by atoms with Gasteiger partial charge in [0.25, 0.3) is 0 Å². The molecular weight excluding hydrogens is 514 g/mol. The second-order valence-electron chi connectivity index (χ2n) is 14.0. The van der Waals surface area contributed by atoms with E-state index in [1.54, 1.807) is 0 Å². The van der Waals surface area contributed by atoms with E-state index in [-0.39, 0.29) is 29.4 Å². The summed E-state index contributed by atoms with van der Waals surface area (Å²) in [5.74, 6) is 1.05. The van der Waals surface area contributed by atoms with Crippen molar-refractivity contribution in [3.05, 3.63) is 47.7 Å². The lowest BCUT2D eigenvalue weighted by molar-refractivity contribution is -0.133. The van der Waals surface area contributed by atoms with Crippen LogP contribution in [0.4, 0.5) is 4.79 Å². The van der Waals surface area contributed by atoms with Gasteiger partial charge in [-0.25, -0.2) is 4.79 Å². The average molecular weight is 564 g/mol. The van der Waals surface area contributed by atoms with Crippen molar-refractivity contribution < 1.29 is 19.1 Å². The van der Waals surface area contributed by atoms with Crippen LogP contribution in [-0.2, 0) is 20.8 Å². The fourth-order valence-corrected chi connectivity index (χ4v) is 7.08. The van der Waals surface area contributed by atoms with Gasteiger partial charge in [0.1, 0.15) is 12.1 Å². The monoisotopic (exact) mass is 563 g/mol. The number of carbonyl (C=O) groups is 2. The summed E-state index contributed by atoms with van der Waals surface area (Å²) in [5.41, 5.74) is 4.04. The largest absolute Gasteiger partial charge is 0.444 e. The van der Waals surface area contributed by atoms with Gasteiger partial charge in [0.05, 0.1) is 12.7 Å². The predicted octanol–water partition coefficient (Wildman–Crippen LogP) is 6.88. The number of hydrogen-bond acceptors (Lipinski definition) is 4. The topological polar surface area (TPSA) is 64.0 Å². The summed E-state index contributed by atoms with van der Waals surface area (Å²) in [4.78, 5) is 30.0. The van der Waals surface area contributed by atoms with Gasteiger partial charge in [-0.05, 0) is 84.1 Å². The molecule has 3 saturated heterocycles. The number of ether oxygens (including phenoxy) is 2. The highest BCUT2D eigenvalue weighted by Gasteiger charge is 2.46. The first kappa shape index (κ1) is 29.7. The van der Waals surface area contributed by atoms with Gasteiger partial charge >= 0.3 is 6.09 Å². The first-order valence-corrected chi connectivity index (χ1v) is 15.5. The molecule has 7 heteroatoms. The molecule has 3 aliphatic heterocycles. The Bertz CT molecular complexity index is 1290. The second kappa shape index (κ2) is 11.5. The highest BCUT2D eigenvalue weighted by atomic mass is 16.6. The Kier molecular flexibility index (Phi) is 8.30. The fraction of sp³-hybridized carbons (Fsp3) is 0.647. The minimum atomic E-state index is -0.494. The van der Waals surface area contributed by atoms with Crippen molar-refractivity contribution in [2.75, 3.05) is 32.8 Å². The van der Waals surface area contributed by atoms with Crippen LogP contribution in [0.15, 0.2) is 36.4 Å². The molecule has 0 bridgehead atoms. The molecule has 1 aromatic carbocycles. The van der Waals surface area contributed by atoms with Crippen molar-refractivity contribution >= 4 is 22.9 Å². The number of benzene rings is 1. The van der Waals surface area contributed by atoms with Crippen molar-refractivity contribution in [3.63, 3.8) is 0 Å². The number of piperidine rings is 2. The van der Waals surface area contributed by atoms with E-state index >= 15 is 0 Å². The van der Waals surface area contributed by atoms with Gasteiger partial charge in [0.15, 0.2) is 0 Å². The van der Waals surface area contributed by atoms with Crippen LogP contribution in [0.25, 0.3) is 10.9 Å². The van der Waals surface area contributed by atoms with Crippen LogP contribution >= 0.6 is 0 Å². The van der Waals surface area contributed by atoms with Gasteiger partial charge < -0.3 is 23.8 Å². The van der Waals surface area contributed by atoms with Crippen LogP contribution in [-0.4, -0.2) is 64.8 Å². The molecule has 41 heavy (non-hydrogen) atoms.